The number of hydrogen-bond acceptors (Lipinski definition) is 4. The summed E-state index contributed by atoms with van der Waals surface area (Å²) in [5.74, 6) is -0.461. The number of aromatic nitrogens is 3. The van der Waals surface area contributed by atoms with E-state index in [9.17, 15) is 9.59 Å². The van der Waals surface area contributed by atoms with Crippen molar-refractivity contribution in [3.8, 4) is 0 Å². The molecule has 3 heterocycles. The van der Waals surface area contributed by atoms with Gasteiger partial charge in [-0.25, -0.2) is 4.98 Å². The highest BCUT2D eigenvalue weighted by Gasteiger charge is 2.15. The number of anilines is 1. The number of hydrogen-bond donors (Lipinski definition) is 2. The van der Waals surface area contributed by atoms with Crippen LogP contribution in [0, 0.1) is 6.92 Å². The number of aromatic amines is 1. The zero-order chi connectivity index (χ0) is 16.0. The van der Waals surface area contributed by atoms with Crippen molar-refractivity contribution in [3.05, 3.63) is 63.7 Å². The summed E-state index contributed by atoms with van der Waals surface area (Å²) < 4.78 is 1.45. The number of rotatable bonds is 2. The Morgan fingerprint density at radius 3 is 3.09 bits per heavy atom. The molecule has 7 heteroatoms. The highest BCUT2D eigenvalue weighted by Crippen LogP contribution is 2.18. The van der Waals surface area contributed by atoms with E-state index in [0.29, 0.717) is 10.6 Å². The maximum absolute atomic E-state index is 12.5. The summed E-state index contributed by atoms with van der Waals surface area (Å²) in [7, 11) is 0. The molecule has 0 bridgehead atoms. The maximum atomic E-state index is 12.5. The average molecular weight is 324 g/mol. The van der Waals surface area contributed by atoms with Gasteiger partial charge in [-0.1, -0.05) is 0 Å². The predicted molar refractivity (Wildman–Crippen MR) is 90.3 cm³/mol. The van der Waals surface area contributed by atoms with Crippen LogP contribution < -0.4 is 10.9 Å². The van der Waals surface area contributed by atoms with E-state index in [1.54, 1.807) is 6.07 Å². The number of carbonyl (C=O) groups excluding carboxylic acids is 1. The molecule has 0 fully saturated rings. The molecule has 23 heavy (non-hydrogen) atoms. The van der Waals surface area contributed by atoms with Gasteiger partial charge < -0.3 is 10.3 Å². The number of nitrogens with zero attached hydrogens (tertiary/aromatic N) is 2. The minimum absolute atomic E-state index is 0.0261. The molecule has 0 aliphatic heterocycles. The Bertz CT molecular complexity index is 1110. The summed E-state index contributed by atoms with van der Waals surface area (Å²) in [6.07, 6.45) is 3.16. The predicted octanol–water partition coefficient (Wildman–Crippen LogP) is 2.80. The van der Waals surface area contributed by atoms with E-state index in [1.807, 2.05) is 36.7 Å². The summed E-state index contributed by atoms with van der Waals surface area (Å²) in [5, 5.41) is 5.58. The molecule has 1 aromatic carbocycles. The van der Waals surface area contributed by atoms with Crippen LogP contribution in [0.15, 0.2) is 46.8 Å². The lowest BCUT2D eigenvalue weighted by Gasteiger charge is -2.05. The van der Waals surface area contributed by atoms with Gasteiger partial charge in [0.25, 0.3) is 11.5 Å². The number of nitrogens with one attached hydrogen (secondary N) is 2. The summed E-state index contributed by atoms with van der Waals surface area (Å²) in [5.41, 5.74) is 2.06. The quantitative estimate of drug-likeness (QED) is 0.595. The van der Waals surface area contributed by atoms with Crippen molar-refractivity contribution in [3.63, 3.8) is 0 Å². The molecule has 0 aliphatic carbocycles. The van der Waals surface area contributed by atoms with Crippen molar-refractivity contribution in [2.24, 2.45) is 0 Å². The van der Waals surface area contributed by atoms with E-state index >= 15 is 0 Å². The van der Waals surface area contributed by atoms with E-state index in [1.165, 1.54) is 21.9 Å². The summed E-state index contributed by atoms with van der Waals surface area (Å²) in [6, 6.07) is 7.43. The largest absolute Gasteiger partial charge is 0.361 e. The van der Waals surface area contributed by atoms with Gasteiger partial charge in [-0.05, 0) is 31.2 Å². The van der Waals surface area contributed by atoms with Crippen LogP contribution >= 0.6 is 11.3 Å². The number of benzene rings is 1. The van der Waals surface area contributed by atoms with E-state index < -0.39 is 5.91 Å². The lowest BCUT2D eigenvalue weighted by molar-refractivity contribution is 0.102. The molecular weight excluding hydrogens is 312 g/mol. The first-order chi connectivity index (χ1) is 11.1. The molecule has 3 aromatic heterocycles. The monoisotopic (exact) mass is 324 g/mol. The number of H-pyrrole nitrogens is 1. The summed E-state index contributed by atoms with van der Waals surface area (Å²) >= 11 is 1.37. The fourth-order valence-electron chi connectivity index (χ4n) is 2.51. The van der Waals surface area contributed by atoms with Crippen LogP contribution in [0.3, 0.4) is 0 Å². The van der Waals surface area contributed by atoms with E-state index in [4.69, 9.17) is 0 Å². The lowest BCUT2D eigenvalue weighted by atomic mass is 10.2. The topological polar surface area (TPSA) is 79.3 Å². The number of fused-ring (bicyclic) bond motifs is 2. The van der Waals surface area contributed by atoms with Crippen LogP contribution in [-0.2, 0) is 0 Å². The zero-order valence-electron chi connectivity index (χ0n) is 12.2. The molecular formula is C16H12N4O2S. The lowest BCUT2D eigenvalue weighted by Crippen LogP contribution is -2.26. The number of carbonyl (C=O) groups is 1. The summed E-state index contributed by atoms with van der Waals surface area (Å²) in [4.78, 5) is 32.7. The maximum Gasteiger partial charge on any atom is 0.271 e. The Morgan fingerprint density at radius 1 is 1.35 bits per heavy atom. The normalized spacial score (nSPS) is 11.2. The minimum atomic E-state index is -0.461. The molecule has 0 spiro atoms. The third-order valence-electron chi connectivity index (χ3n) is 3.67. The first-order valence-corrected chi connectivity index (χ1v) is 7.86. The van der Waals surface area contributed by atoms with Crippen molar-refractivity contribution in [2.75, 3.05) is 5.32 Å². The molecule has 2 N–H and O–H groups in total. The molecule has 6 nitrogen and oxygen atoms in total. The van der Waals surface area contributed by atoms with Gasteiger partial charge in [0.15, 0.2) is 4.96 Å². The van der Waals surface area contributed by atoms with Gasteiger partial charge in [-0.2, -0.15) is 0 Å². The average Bonchev–Trinajstić information content (AvgIpc) is 3.14. The van der Waals surface area contributed by atoms with Gasteiger partial charge in [0.05, 0.1) is 0 Å². The van der Waals surface area contributed by atoms with Gasteiger partial charge in [-0.15, -0.1) is 11.3 Å². The molecule has 0 saturated carbocycles. The van der Waals surface area contributed by atoms with Crippen molar-refractivity contribution in [1.29, 1.82) is 0 Å². The molecule has 4 rings (SSSR count). The summed E-state index contributed by atoms with van der Waals surface area (Å²) in [6.45, 7) is 1.81. The van der Waals surface area contributed by atoms with Crippen LogP contribution in [0.25, 0.3) is 15.9 Å². The smallest absolute Gasteiger partial charge is 0.271 e. The first kappa shape index (κ1) is 13.7. The van der Waals surface area contributed by atoms with Crippen LogP contribution in [-0.4, -0.2) is 20.3 Å². The molecule has 0 unspecified atom stereocenters. The standard InChI is InChI=1S/C16H12N4O2S/c1-9-8-23-16-18-7-12(15(22)20(9)16)14(21)19-11-2-3-13-10(6-11)4-5-17-13/h2-8,17H,1H3,(H,19,21). The third-order valence-corrected chi connectivity index (χ3v) is 4.63. The Kier molecular flexibility index (Phi) is 3.02. The van der Waals surface area contributed by atoms with Crippen LogP contribution in [0.1, 0.15) is 16.1 Å². The Balaban J connectivity index is 1.72. The zero-order valence-corrected chi connectivity index (χ0v) is 13.0. The van der Waals surface area contributed by atoms with Crippen LogP contribution in [0.5, 0.6) is 0 Å². The Labute approximate surface area is 134 Å². The second kappa shape index (κ2) is 5.06. The molecule has 114 valence electrons. The van der Waals surface area contributed by atoms with E-state index in [-0.39, 0.29) is 11.1 Å². The Morgan fingerprint density at radius 2 is 2.22 bits per heavy atom. The molecule has 4 aromatic rings. The van der Waals surface area contributed by atoms with Gasteiger partial charge >= 0.3 is 0 Å². The van der Waals surface area contributed by atoms with Crippen LogP contribution in [0.4, 0.5) is 5.69 Å². The minimum Gasteiger partial charge on any atom is -0.361 e. The molecule has 1 amide bonds. The first-order valence-electron chi connectivity index (χ1n) is 6.98. The van der Waals surface area contributed by atoms with Gasteiger partial charge in [0.1, 0.15) is 5.56 Å². The highest BCUT2D eigenvalue weighted by molar-refractivity contribution is 7.15. The fraction of sp³-hybridized carbons (Fsp3) is 0.0625. The second-order valence-electron chi connectivity index (χ2n) is 5.21. The molecule has 0 saturated heterocycles. The highest BCUT2D eigenvalue weighted by atomic mass is 32.1. The van der Waals surface area contributed by atoms with Crippen LogP contribution in [0.2, 0.25) is 0 Å². The Hall–Kier alpha value is -2.93. The number of thiazole rings is 1. The fourth-order valence-corrected chi connectivity index (χ4v) is 3.34. The second-order valence-corrected chi connectivity index (χ2v) is 6.04. The van der Waals surface area contributed by atoms with Gasteiger partial charge in [-0.3, -0.25) is 14.0 Å². The molecule has 0 aliphatic rings. The third kappa shape index (κ3) is 2.22. The number of aryl methyl sites for hydroxylation is 1. The van der Waals surface area contributed by atoms with Gasteiger partial charge in [0, 0.05) is 40.1 Å². The van der Waals surface area contributed by atoms with Crippen molar-refractivity contribution in [2.45, 2.75) is 6.92 Å². The number of amides is 1. The van der Waals surface area contributed by atoms with Crippen molar-refractivity contribution >= 4 is 38.8 Å². The molecule has 0 atom stereocenters. The van der Waals surface area contributed by atoms with Crippen molar-refractivity contribution in [1.82, 2.24) is 14.4 Å². The van der Waals surface area contributed by atoms with Gasteiger partial charge in [0.2, 0.25) is 0 Å². The molecule has 0 radical (unpaired) electrons. The van der Waals surface area contributed by atoms with E-state index in [2.05, 4.69) is 15.3 Å². The SMILES string of the molecule is Cc1csc2ncc(C(=O)Nc3ccc4[nH]ccc4c3)c(=O)n12. The van der Waals surface area contributed by atoms with E-state index in [0.717, 1.165) is 16.6 Å². The van der Waals surface area contributed by atoms with Crippen molar-refractivity contribution < 1.29 is 4.79 Å².